The summed E-state index contributed by atoms with van der Waals surface area (Å²) in [6.45, 7) is 4.14. The van der Waals surface area contributed by atoms with Crippen LogP contribution in [0, 0.1) is 23.6 Å². The summed E-state index contributed by atoms with van der Waals surface area (Å²) >= 11 is 0. The molecule has 1 aromatic rings. The van der Waals surface area contributed by atoms with E-state index in [1.165, 1.54) is 12.1 Å². The highest BCUT2D eigenvalue weighted by molar-refractivity contribution is 5.41. The van der Waals surface area contributed by atoms with Crippen LogP contribution in [-0.2, 0) is 6.54 Å². The van der Waals surface area contributed by atoms with Crippen LogP contribution in [-0.4, -0.2) is 40.9 Å². The summed E-state index contributed by atoms with van der Waals surface area (Å²) in [4.78, 5) is 2.24. The Kier molecular flexibility index (Phi) is 5.13. The minimum atomic E-state index is -0.321. The van der Waals surface area contributed by atoms with Gasteiger partial charge in [0, 0.05) is 25.2 Å². The number of likely N-dealkylation sites (tertiary alicyclic amines) is 1. The van der Waals surface area contributed by atoms with Gasteiger partial charge in [0.05, 0.1) is 6.10 Å². The van der Waals surface area contributed by atoms with Crippen molar-refractivity contribution < 1.29 is 14.6 Å². The summed E-state index contributed by atoms with van der Waals surface area (Å²) in [6, 6.07) is 4.58. The maximum absolute atomic E-state index is 13.3. The largest absolute Gasteiger partial charge is 0.393 e. The van der Waals surface area contributed by atoms with Gasteiger partial charge in [0.2, 0.25) is 0 Å². The number of nitrogens with zero attached hydrogens (tertiary/aromatic N) is 1. The van der Waals surface area contributed by atoms with Crippen LogP contribution < -0.4 is 0 Å². The van der Waals surface area contributed by atoms with Crippen LogP contribution >= 0.6 is 0 Å². The third kappa shape index (κ3) is 3.80. The molecule has 0 amide bonds. The molecule has 1 aromatic carbocycles. The second-order valence-electron chi connectivity index (χ2n) is 5.33. The summed E-state index contributed by atoms with van der Waals surface area (Å²) in [6.07, 6.45) is 0.535. The van der Waals surface area contributed by atoms with Crippen molar-refractivity contribution in [2.75, 3.05) is 19.7 Å². The van der Waals surface area contributed by atoms with E-state index in [2.05, 4.69) is 16.7 Å². The van der Waals surface area contributed by atoms with E-state index in [0.717, 1.165) is 25.1 Å². The molecule has 0 spiro atoms. The Labute approximate surface area is 119 Å². The summed E-state index contributed by atoms with van der Waals surface area (Å²) in [5.74, 6) is 5.29. The van der Waals surface area contributed by atoms with E-state index in [4.69, 9.17) is 5.11 Å². The summed E-state index contributed by atoms with van der Waals surface area (Å²) in [7, 11) is 0. The lowest BCUT2D eigenvalue weighted by Gasteiger charge is -2.34. The van der Waals surface area contributed by atoms with Gasteiger partial charge < -0.3 is 10.2 Å². The standard InChI is InChI=1S/C16H20FNO2/c1-12-10-18(7-6-16(12)20)11-14-4-5-15(17)9-13(14)3-2-8-19/h4-5,9,12,16,19-20H,6-8,10-11H2,1H3. The Bertz CT molecular complexity index is 521. The first-order valence-corrected chi connectivity index (χ1v) is 6.88. The molecule has 0 radical (unpaired) electrons. The van der Waals surface area contributed by atoms with Crippen LogP contribution in [0.15, 0.2) is 18.2 Å². The van der Waals surface area contributed by atoms with Gasteiger partial charge in [-0.1, -0.05) is 24.8 Å². The van der Waals surface area contributed by atoms with Crippen LogP contribution in [0.25, 0.3) is 0 Å². The molecule has 1 heterocycles. The van der Waals surface area contributed by atoms with Crippen LogP contribution in [0.4, 0.5) is 4.39 Å². The molecule has 108 valence electrons. The minimum Gasteiger partial charge on any atom is -0.393 e. The highest BCUT2D eigenvalue weighted by Crippen LogP contribution is 2.20. The number of benzene rings is 1. The Morgan fingerprint density at radius 1 is 1.45 bits per heavy atom. The lowest BCUT2D eigenvalue weighted by atomic mass is 9.96. The van der Waals surface area contributed by atoms with Crippen molar-refractivity contribution in [2.24, 2.45) is 5.92 Å². The zero-order chi connectivity index (χ0) is 14.5. The predicted molar refractivity (Wildman–Crippen MR) is 75.4 cm³/mol. The molecule has 2 rings (SSSR count). The summed E-state index contributed by atoms with van der Waals surface area (Å²) in [5, 5.41) is 18.5. The average molecular weight is 277 g/mol. The fourth-order valence-electron chi connectivity index (χ4n) is 2.54. The average Bonchev–Trinajstić information content (AvgIpc) is 2.43. The molecule has 0 aliphatic carbocycles. The number of aliphatic hydroxyl groups excluding tert-OH is 2. The maximum Gasteiger partial charge on any atom is 0.124 e. The molecule has 2 unspecified atom stereocenters. The molecule has 1 fully saturated rings. The minimum absolute atomic E-state index is 0.229. The van der Waals surface area contributed by atoms with Gasteiger partial charge in [0.15, 0.2) is 0 Å². The lowest BCUT2D eigenvalue weighted by molar-refractivity contribution is 0.0320. The lowest BCUT2D eigenvalue weighted by Crippen LogP contribution is -2.41. The van der Waals surface area contributed by atoms with Gasteiger partial charge in [-0.3, -0.25) is 4.90 Å². The number of rotatable bonds is 2. The van der Waals surface area contributed by atoms with Crippen LogP contribution in [0.5, 0.6) is 0 Å². The molecule has 1 saturated heterocycles. The molecule has 1 aliphatic rings. The Morgan fingerprint density at radius 2 is 2.25 bits per heavy atom. The Balaban J connectivity index is 2.12. The van der Waals surface area contributed by atoms with Gasteiger partial charge >= 0.3 is 0 Å². The number of halogens is 1. The first-order chi connectivity index (χ1) is 9.60. The van der Waals surface area contributed by atoms with E-state index in [1.54, 1.807) is 6.07 Å². The molecule has 3 nitrogen and oxygen atoms in total. The molecule has 0 bridgehead atoms. The third-order valence-electron chi connectivity index (χ3n) is 3.71. The van der Waals surface area contributed by atoms with Gasteiger partial charge in [0.25, 0.3) is 0 Å². The number of hydrogen-bond donors (Lipinski definition) is 2. The van der Waals surface area contributed by atoms with Gasteiger partial charge in [-0.05, 0) is 30.0 Å². The highest BCUT2D eigenvalue weighted by Gasteiger charge is 2.24. The van der Waals surface area contributed by atoms with Crippen molar-refractivity contribution in [3.63, 3.8) is 0 Å². The molecule has 0 aromatic heterocycles. The van der Waals surface area contributed by atoms with Gasteiger partial charge in [-0.15, -0.1) is 0 Å². The van der Waals surface area contributed by atoms with E-state index < -0.39 is 0 Å². The van der Waals surface area contributed by atoms with Crippen molar-refractivity contribution >= 4 is 0 Å². The zero-order valence-electron chi connectivity index (χ0n) is 11.6. The molecular weight excluding hydrogens is 257 g/mol. The second kappa shape index (κ2) is 6.85. The van der Waals surface area contributed by atoms with Crippen LogP contribution in [0.1, 0.15) is 24.5 Å². The monoisotopic (exact) mass is 277 g/mol. The van der Waals surface area contributed by atoms with E-state index in [9.17, 15) is 9.50 Å². The molecule has 2 atom stereocenters. The predicted octanol–water partition coefficient (Wildman–Crippen LogP) is 1.37. The summed E-state index contributed by atoms with van der Waals surface area (Å²) < 4.78 is 13.3. The normalized spacial score (nSPS) is 23.2. The van der Waals surface area contributed by atoms with Crippen LogP contribution in [0.3, 0.4) is 0 Å². The van der Waals surface area contributed by atoms with E-state index >= 15 is 0 Å². The number of aliphatic hydroxyl groups is 2. The van der Waals surface area contributed by atoms with Crippen molar-refractivity contribution in [2.45, 2.75) is 26.0 Å². The van der Waals surface area contributed by atoms with Crippen molar-refractivity contribution in [1.29, 1.82) is 0 Å². The first kappa shape index (κ1) is 15.0. The second-order valence-corrected chi connectivity index (χ2v) is 5.33. The quantitative estimate of drug-likeness (QED) is 0.803. The smallest absolute Gasteiger partial charge is 0.124 e. The Hall–Kier alpha value is -1.41. The molecule has 4 heteroatoms. The number of piperidine rings is 1. The molecule has 20 heavy (non-hydrogen) atoms. The fourth-order valence-corrected chi connectivity index (χ4v) is 2.54. The molecule has 1 aliphatic heterocycles. The third-order valence-corrected chi connectivity index (χ3v) is 3.71. The van der Waals surface area contributed by atoms with Crippen molar-refractivity contribution in [3.05, 3.63) is 35.1 Å². The van der Waals surface area contributed by atoms with E-state index in [-0.39, 0.29) is 24.4 Å². The fraction of sp³-hybridized carbons (Fsp3) is 0.500. The molecule has 2 N–H and O–H groups in total. The SMILES string of the molecule is CC1CN(Cc2ccc(F)cc2C#CCO)CCC1O. The van der Waals surface area contributed by atoms with E-state index in [0.29, 0.717) is 12.1 Å². The topological polar surface area (TPSA) is 43.7 Å². The van der Waals surface area contributed by atoms with Gasteiger partial charge in [-0.2, -0.15) is 0 Å². The van der Waals surface area contributed by atoms with Crippen molar-refractivity contribution in [1.82, 2.24) is 4.90 Å². The zero-order valence-corrected chi connectivity index (χ0v) is 11.6. The van der Waals surface area contributed by atoms with E-state index in [1.807, 2.05) is 6.92 Å². The highest BCUT2D eigenvalue weighted by atomic mass is 19.1. The van der Waals surface area contributed by atoms with Crippen LogP contribution in [0.2, 0.25) is 0 Å². The summed E-state index contributed by atoms with van der Waals surface area (Å²) in [5.41, 5.74) is 1.58. The van der Waals surface area contributed by atoms with Gasteiger partial charge in [0.1, 0.15) is 12.4 Å². The maximum atomic E-state index is 13.3. The number of hydrogen-bond acceptors (Lipinski definition) is 3. The van der Waals surface area contributed by atoms with Gasteiger partial charge in [-0.25, -0.2) is 4.39 Å². The molecule has 0 saturated carbocycles. The van der Waals surface area contributed by atoms with Crippen molar-refractivity contribution in [3.8, 4) is 11.8 Å². The molecular formula is C16H20FNO2. The Morgan fingerprint density at radius 3 is 2.95 bits per heavy atom. The first-order valence-electron chi connectivity index (χ1n) is 6.88.